The summed E-state index contributed by atoms with van der Waals surface area (Å²) in [6.45, 7) is 5.82. The van der Waals surface area contributed by atoms with Gasteiger partial charge in [-0.1, -0.05) is 5.16 Å². The third-order valence-electron chi connectivity index (χ3n) is 6.34. The van der Waals surface area contributed by atoms with Gasteiger partial charge < -0.3 is 24.1 Å². The van der Waals surface area contributed by atoms with Crippen molar-refractivity contribution < 1.29 is 28.3 Å². The molecule has 0 spiro atoms. The lowest BCUT2D eigenvalue weighted by Gasteiger charge is -2.31. The predicted octanol–water partition coefficient (Wildman–Crippen LogP) is 4.09. The van der Waals surface area contributed by atoms with E-state index in [9.17, 15) is 9.59 Å². The van der Waals surface area contributed by atoms with E-state index in [1.807, 2.05) is 13.0 Å². The van der Waals surface area contributed by atoms with Gasteiger partial charge in [-0.3, -0.25) is 9.69 Å². The Morgan fingerprint density at radius 3 is 2.68 bits per heavy atom. The Morgan fingerprint density at radius 1 is 1.14 bits per heavy atom. The summed E-state index contributed by atoms with van der Waals surface area (Å²) in [5.41, 5.74) is 2.72. The molecule has 10 heteroatoms. The van der Waals surface area contributed by atoms with Crippen molar-refractivity contribution in [2.24, 2.45) is 5.92 Å². The highest BCUT2D eigenvalue weighted by Gasteiger charge is 2.27. The molecular weight excluding hydrogens is 476 g/mol. The van der Waals surface area contributed by atoms with Crippen molar-refractivity contribution >= 4 is 17.6 Å². The van der Waals surface area contributed by atoms with Gasteiger partial charge in [-0.25, -0.2) is 4.79 Å². The highest BCUT2D eigenvalue weighted by molar-refractivity contribution is 5.95. The molecule has 37 heavy (non-hydrogen) atoms. The zero-order chi connectivity index (χ0) is 26.4. The first kappa shape index (κ1) is 26.2. The number of carbonyl (C=O) groups is 2. The van der Waals surface area contributed by atoms with Crippen molar-refractivity contribution in [1.29, 1.82) is 0 Å². The second-order valence-electron chi connectivity index (χ2n) is 8.90. The highest BCUT2D eigenvalue weighted by Crippen LogP contribution is 2.31. The molecule has 2 heterocycles. The normalized spacial score (nSPS) is 15.7. The number of amides is 1. The van der Waals surface area contributed by atoms with Crippen LogP contribution in [-0.4, -0.2) is 60.8 Å². The molecule has 1 aromatic heterocycles. The van der Waals surface area contributed by atoms with Gasteiger partial charge in [0, 0.05) is 17.8 Å². The zero-order valence-corrected chi connectivity index (χ0v) is 21.6. The van der Waals surface area contributed by atoms with E-state index >= 15 is 0 Å². The molecular formula is C27H32N4O6. The van der Waals surface area contributed by atoms with Crippen molar-refractivity contribution in [3.05, 3.63) is 53.4 Å². The molecule has 1 aliphatic heterocycles. The summed E-state index contributed by atoms with van der Waals surface area (Å²) < 4.78 is 21.2. The van der Waals surface area contributed by atoms with E-state index in [-0.39, 0.29) is 17.8 Å². The number of nitrogens with zero attached hydrogens (tertiary/aromatic N) is 3. The van der Waals surface area contributed by atoms with Gasteiger partial charge in [0.15, 0.2) is 11.5 Å². The number of likely N-dealkylation sites (tertiary alicyclic amines) is 1. The number of benzene rings is 2. The first-order valence-corrected chi connectivity index (χ1v) is 12.3. The Kier molecular flexibility index (Phi) is 8.39. The number of aryl methyl sites for hydroxylation is 1. The van der Waals surface area contributed by atoms with Crippen LogP contribution in [0.3, 0.4) is 0 Å². The first-order valence-electron chi connectivity index (χ1n) is 12.3. The number of aromatic nitrogens is 2. The first-order chi connectivity index (χ1) is 17.9. The molecule has 2 aromatic carbocycles. The van der Waals surface area contributed by atoms with E-state index in [1.165, 1.54) is 0 Å². The van der Waals surface area contributed by atoms with Crippen LogP contribution < -0.4 is 14.8 Å². The van der Waals surface area contributed by atoms with E-state index in [0.717, 1.165) is 30.5 Å². The lowest BCUT2D eigenvalue weighted by atomic mass is 9.96. The van der Waals surface area contributed by atoms with Crippen LogP contribution in [0.25, 0.3) is 11.4 Å². The van der Waals surface area contributed by atoms with Crippen molar-refractivity contribution in [3.8, 4) is 22.9 Å². The van der Waals surface area contributed by atoms with Gasteiger partial charge in [0.05, 0.1) is 38.9 Å². The van der Waals surface area contributed by atoms with Crippen LogP contribution in [0.1, 0.15) is 41.6 Å². The summed E-state index contributed by atoms with van der Waals surface area (Å²) in [6, 6.07) is 10.6. The zero-order valence-electron chi connectivity index (χ0n) is 21.6. The maximum Gasteiger partial charge on any atom is 0.338 e. The Labute approximate surface area is 215 Å². The minimum atomic E-state index is -0.373. The number of nitrogens with one attached hydrogen (secondary N) is 1. The number of carbonyl (C=O) groups excluding carboxylic acids is 2. The number of esters is 1. The number of ether oxygens (including phenoxy) is 3. The van der Waals surface area contributed by atoms with E-state index < -0.39 is 0 Å². The average Bonchev–Trinajstić information content (AvgIpc) is 3.38. The maximum atomic E-state index is 13.0. The molecule has 0 radical (unpaired) electrons. The van der Waals surface area contributed by atoms with Gasteiger partial charge in [0.1, 0.15) is 0 Å². The van der Waals surface area contributed by atoms with Gasteiger partial charge in [0.2, 0.25) is 17.6 Å². The number of rotatable bonds is 9. The van der Waals surface area contributed by atoms with Crippen LogP contribution in [-0.2, 0) is 16.1 Å². The van der Waals surface area contributed by atoms with Crippen LogP contribution in [0, 0.1) is 12.8 Å². The Morgan fingerprint density at radius 2 is 1.95 bits per heavy atom. The number of piperidine rings is 1. The summed E-state index contributed by atoms with van der Waals surface area (Å²) in [6.07, 6.45) is 1.68. The molecule has 1 fully saturated rings. The quantitative estimate of drug-likeness (QED) is 0.427. The van der Waals surface area contributed by atoms with Gasteiger partial charge in [-0.2, -0.15) is 4.98 Å². The average molecular weight is 509 g/mol. The third-order valence-corrected chi connectivity index (χ3v) is 6.34. The monoisotopic (exact) mass is 508 g/mol. The molecule has 196 valence electrons. The van der Waals surface area contributed by atoms with E-state index in [4.69, 9.17) is 18.7 Å². The van der Waals surface area contributed by atoms with Crippen molar-refractivity contribution in [2.75, 3.05) is 39.2 Å². The topological polar surface area (TPSA) is 116 Å². The number of hydrogen-bond donors (Lipinski definition) is 1. The molecule has 1 amide bonds. The molecule has 0 saturated carbocycles. The fraction of sp³-hybridized carbons (Fsp3) is 0.407. The van der Waals surface area contributed by atoms with Gasteiger partial charge in [-0.05, 0) is 75.2 Å². The Bertz CT molecular complexity index is 1260. The predicted molar refractivity (Wildman–Crippen MR) is 137 cm³/mol. The lowest BCUT2D eigenvalue weighted by molar-refractivity contribution is -0.121. The maximum absolute atomic E-state index is 13.0. The number of methoxy groups -OCH3 is 2. The molecule has 1 N–H and O–H groups in total. The van der Waals surface area contributed by atoms with Crippen LogP contribution in [0.2, 0.25) is 0 Å². The van der Waals surface area contributed by atoms with Crippen LogP contribution in [0.4, 0.5) is 5.69 Å². The van der Waals surface area contributed by atoms with Crippen molar-refractivity contribution in [1.82, 2.24) is 15.0 Å². The SMILES string of the molecule is CCOC(=O)c1ccc(NC(=O)C2CCCN(Cc3nc(-c4ccc(OC)c(OC)c4)no3)C2)c(C)c1. The highest BCUT2D eigenvalue weighted by atomic mass is 16.5. The lowest BCUT2D eigenvalue weighted by Crippen LogP contribution is -2.40. The third kappa shape index (κ3) is 6.26. The van der Waals surface area contributed by atoms with Gasteiger partial charge in [-0.15, -0.1) is 0 Å². The summed E-state index contributed by atoms with van der Waals surface area (Å²) in [5.74, 6) is 1.56. The van der Waals surface area contributed by atoms with Crippen molar-refractivity contribution in [2.45, 2.75) is 33.2 Å². The summed E-state index contributed by atoms with van der Waals surface area (Å²) in [4.78, 5) is 31.7. The molecule has 1 aliphatic rings. The molecule has 0 aliphatic carbocycles. The molecule has 10 nitrogen and oxygen atoms in total. The van der Waals surface area contributed by atoms with Crippen LogP contribution >= 0.6 is 0 Å². The molecule has 4 rings (SSSR count). The summed E-state index contributed by atoms with van der Waals surface area (Å²) >= 11 is 0. The molecule has 3 aromatic rings. The van der Waals surface area contributed by atoms with E-state index in [0.29, 0.717) is 54.2 Å². The standard InChI is InChI=1S/C27H32N4O6/c1-5-36-27(33)19-8-10-21(17(2)13-19)28-26(32)20-7-6-12-31(15-20)16-24-29-25(30-37-24)18-9-11-22(34-3)23(14-18)35-4/h8-11,13-14,20H,5-7,12,15-16H2,1-4H3,(H,28,32). The Hall–Kier alpha value is -3.92. The summed E-state index contributed by atoms with van der Waals surface area (Å²) in [7, 11) is 3.16. The van der Waals surface area contributed by atoms with Crippen molar-refractivity contribution in [3.63, 3.8) is 0 Å². The van der Waals surface area contributed by atoms with E-state index in [1.54, 1.807) is 51.5 Å². The minimum Gasteiger partial charge on any atom is -0.493 e. The fourth-order valence-corrected chi connectivity index (χ4v) is 4.40. The molecule has 1 saturated heterocycles. The summed E-state index contributed by atoms with van der Waals surface area (Å²) in [5, 5.41) is 7.13. The van der Waals surface area contributed by atoms with Gasteiger partial charge in [0.25, 0.3) is 0 Å². The Balaban J connectivity index is 1.37. The molecule has 1 unspecified atom stereocenters. The number of anilines is 1. The minimum absolute atomic E-state index is 0.0479. The van der Waals surface area contributed by atoms with E-state index in [2.05, 4.69) is 20.4 Å². The molecule has 0 bridgehead atoms. The van der Waals surface area contributed by atoms with Crippen LogP contribution in [0.5, 0.6) is 11.5 Å². The second-order valence-corrected chi connectivity index (χ2v) is 8.90. The smallest absolute Gasteiger partial charge is 0.338 e. The second kappa shape index (κ2) is 11.9. The largest absolute Gasteiger partial charge is 0.493 e. The molecule has 1 atom stereocenters. The van der Waals surface area contributed by atoms with Crippen LogP contribution in [0.15, 0.2) is 40.9 Å². The van der Waals surface area contributed by atoms with Gasteiger partial charge >= 0.3 is 5.97 Å². The fourth-order valence-electron chi connectivity index (χ4n) is 4.40. The number of hydrogen-bond acceptors (Lipinski definition) is 9.